The summed E-state index contributed by atoms with van der Waals surface area (Å²) in [6.45, 7) is 3.50. The zero-order valence-electron chi connectivity index (χ0n) is 19.2. The lowest BCUT2D eigenvalue weighted by atomic mass is 10.1. The second kappa shape index (κ2) is 10.1. The molecule has 0 aliphatic heterocycles. The van der Waals surface area contributed by atoms with E-state index in [-0.39, 0.29) is 0 Å². The largest absolute Gasteiger partial charge is 0.497 e. The molecule has 4 aromatic rings. The van der Waals surface area contributed by atoms with Crippen LogP contribution in [-0.4, -0.2) is 50.0 Å². The molecule has 172 valence electrons. The summed E-state index contributed by atoms with van der Waals surface area (Å²) < 4.78 is 10.9. The van der Waals surface area contributed by atoms with Crippen LogP contribution in [0.15, 0.2) is 58.3 Å². The van der Waals surface area contributed by atoms with Gasteiger partial charge in [0.2, 0.25) is 5.71 Å². The van der Waals surface area contributed by atoms with Crippen LogP contribution in [0.4, 0.5) is 11.4 Å². The Morgan fingerprint density at radius 3 is 2.70 bits per heavy atom. The molecule has 0 bridgehead atoms. The fourth-order valence-electron chi connectivity index (χ4n) is 3.53. The number of hydrogen-bond acceptors (Lipinski definition) is 7. The number of rotatable bonds is 9. The summed E-state index contributed by atoms with van der Waals surface area (Å²) in [7, 11) is 5.72. The number of benzene rings is 2. The normalized spacial score (nSPS) is 12.0. The molecule has 2 aromatic heterocycles. The zero-order valence-corrected chi connectivity index (χ0v) is 19.9. The lowest BCUT2D eigenvalue weighted by Gasteiger charge is -2.13. The average molecular weight is 467 g/mol. The van der Waals surface area contributed by atoms with Gasteiger partial charge in [0.25, 0.3) is 0 Å². The Morgan fingerprint density at radius 1 is 1.18 bits per heavy atom. The van der Waals surface area contributed by atoms with Gasteiger partial charge in [-0.1, -0.05) is 28.9 Å². The number of ether oxygens (including phenoxy) is 1. The molecule has 0 amide bonds. The maximum Gasteiger partial charge on any atom is 0.230 e. The van der Waals surface area contributed by atoms with Crippen LogP contribution < -0.4 is 10.1 Å². The van der Waals surface area contributed by atoms with E-state index in [1.165, 1.54) is 6.26 Å². The predicted octanol–water partition coefficient (Wildman–Crippen LogP) is 6.08. The van der Waals surface area contributed by atoms with Crippen LogP contribution in [-0.2, 0) is 4.84 Å². The Kier molecular flexibility index (Phi) is 7.01. The van der Waals surface area contributed by atoms with E-state index in [1.807, 2.05) is 63.5 Å². The topological polar surface area (TPSA) is 72.1 Å². The van der Waals surface area contributed by atoms with Crippen LogP contribution in [0.1, 0.15) is 18.9 Å². The molecule has 33 heavy (non-hydrogen) atoms. The van der Waals surface area contributed by atoms with Crippen molar-refractivity contribution in [3.05, 3.63) is 59.3 Å². The fourth-order valence-corrected chi connectivity index (χ4v) is 3.75. The van der Waals surface area contributed by atoms with E-state index in [1.54, 1.807) is 7.11 Å². The highest BCUT2D eigenvalue weighted by atomic mass is 35.5. The number of hydrogen-bond donors (Lipinski definition) is 1. The molecule has 0 spiro atoms. The van der Waals surface area contributed by atoms with Gasteiger partial charge in [-0.05, 0) is 57.3 Å². The first-order chi connectivity index (χ1) is 16.0. The molecule has 0 saturated heterocycles. The van der Waals surface area contributed by atoms with Crippen LogP contribution in [0, 0.1) is 0 Å². The van der Waals surface area contributed by atoms with Gasteiger partial charge in [-0.3, -0.25) is 0 Å². The molecule has 7 nitrogen and oxygen atoms in total. The molecule has 0 atom stereocenters. The smallest absolute Gasteiger partial charge is 0.230 e. The lowest BCUT2D eigenvalue weighted by Crippen LogP contribution is -2.14. The highest BCUT2D eigenvalue weighted by molar-refractivity contribution is 6.37. The van der Waals surface area contributed by atoms with Gasteiger partial charge in [-0.25, -0.2) is 4.98 Å². The molecular formula is C25H27ClN4O3. The molecule has 0 aliphatic carbocycles. The third-order valence-corrected chi connectivity index (χ3v) is 5.57. The monoisotopic (exact) mass is 466 g/mol. The van der Waals surface area contributed by atoms with Gasteiger partial charge in [-0.15, -0.1) is 0 Å². The highest BCUT2D eigenvalue weighted by Gasteiger charge is 2.16. The van der Waals surface area contributed by atoms with Gasteiger partial charge in [0, 0.05) is 23.7 Å². The number of methoxy groups -OCH3 is 1. The third kappa shape index (κ3) is 5.21. The third-order valence-electron chi connectivity index (χ3n) is 5.29. The van der Waals surface area contributed by atoms with E-state index < -0.39 is 0 Å². The summed E-state index contributed by atoms with van der Waals surface area (Å²) in [6, 6.07) is 13.7. The van der Waals surface area contributed by atoms with E-state index in [0.29, 0.717) is 17.3 Å². The maximum absolute atomic E-state index is 6.43. The molecule has 0 radical (unpaired) electrons. The molecule has 2 heterocycles. The van der Waals surface area contributed by atoms with Crippen molar-refractivity contribution in [3.8, 4) is 5.75 Å². The Bertz CT molecular complexity index is 1280. The van der Waals surface area contributed by atoms with Gasteiger partial charge in [-0.2, -0.15) is 0 Å². The van der Waals surface area contributed by atoms with E-state index in [0.717, 1.165) is 57.7 Å². The van der Waals surface area contributed by atoms with E-state index in [2.05, 4.69) is 20.4 Å². The average Bonchev–Trinajstić information content (AvgIpc) is 3.18. The van der Waals surface area contributed by atoms with Crippen molar-refractivity contribution < 1.29 is 14.0 Å². The summed E-state index contributed by atoms with van der Waals surface area (Å²) in [5.74, 6) is 0.723. The number of anilines is 2. The summed E-state index contributed by atoms with van der Waals surface area (Å²) in [6.07, 6.45) is 2.44. The van der Waals surface area contributed by atoms with Crippen molar-refractivity contribution in [1.82, 2.24) is 9.88 Å². The first-order valence-electron chi connectivity index (χ1n) is 10.7. The Hall–Kier alpha value is -3.29. The minimum Gasteiger partial charge on any atom is -0.497 e. The second-order valence-corrected chi connectivity index (χ2v) is 8.41. The summed E-state index contributed by atoms with van der Waals surface area (Å²) in [4.78, 5) is 12.2. The van der Waals surface area contributed by atoms with Crippen LogP contribution >= 0.6 is 11.6 Å². The molecular weight excluding hydrogens is 440 g/mol. The Labute approximate surface area is 197 Å². The van der Waals surface area contributed by atoms with Gasteiger partial charge in [0.05, 0.1) is 34.4 Å². The number of halogens is 1. The van der Waals surface area contributed by atoms with Crippen molar-refractivity contribution in [2.75, 3.05) is 39.7 Å². The number of nitrogens with one attached hydrogen (secondary N) is 1. The summed E-state index contributed by atoms with van der Waals surface area (Å²) >= 11 is 6.43. The van der Waals surface area contributed by atoms with E-state index >= 15 is 0 Å². The van der Waals surface area contributed by atoms with Gasteiger partial charge >= 0.3 is 0 Å². The Balaban J connectivity index is 1.57. The van der Waals surface area contributed by atoms with Crippen molar-refractivity contribution in [3.63, 3.8) is 0 Å². The highest BCUT2D eigenvalue weighted by Crippen LogP contribution is 2.39. The number of aromatic nitrogens is 1. The predicted molar refractivity (Wildman–Crippen MR) is 134 cm³/mol. The van der Waals surface area contributed by atoms with Gasteiger partial charge in [0.15, 0.2) is 0 Å². The molecule has 4 rings (SSSR count). The number of furan rings is 1. The van der Waals surface area contributed by atoms with Crippen molar-refractivity contribution in [1.29, 1.82) is 0 Å². The molecule has 0 saturated carbocycles. The second-order valence-electron chi connectivity index (χ2n) is 8.00. The van der Waals surface area contributed by atoms with E-state index in [9.17, 15) is 0 Å². The van der Waals surface area contributed by atoms with Crippen molar-refractivity contribution >= 4 is 50.7 Å². The Morgan fingerprint density at radius 2 is 1.97 bits per heavy atom. The number of oxime groups is 1. The molecule has 0 aliphatic rings. The van der Waals surface area contributed by atoms with Gasteiger partial charge < -0.3 is 24.2 Å². The molecule has 0 unspecified atom stereocenters. The van der Waals surface area contributed by atoms with E-state index in [4.69, 9.17) is 25.6 Å². The van der Waals surface area contributed by atoms with Crippen LogP contribution in [0.25, 0.3) is 22.0 Å². The minimum absolute atomic E-state index is 0.467. The minimum atomic E-state index is 0.467. The number of pyridine rings is 1. The van der Waals surface area contributed by atoms with Gasteiger partial charge in [0.1, 0.15) is 18.6 Å². The standard InChI is InChI=1S/C25H27ClN4O3/c1-16(29-33-13-5-12-30(2)3)17-6-8-18(9-7-17)27-24-20-11-10-19(31-4)14-22(20)28-25-23(24)21(26)15-32-25/h6-11,14-15H,5,12-13H2,1-4H3,(H,27,28)/b29-16+. The summed E-state index contributed by atoms with van der Waals surface area (Å²) in [5.41, 5.74) is 4.77. The molecule has 8 heteroatoms. The van der Waals surface area contributed by atoms with Crippen LogP contribution in [0.2, 0.25) is 5.02 Å². The molecule has 0 fully saturated rings. The fraction of sp³-hybridized carbons (Fsp3) is 0.280. The summed E-state index contributed by atoms with van der Waals surface area (Å²) in [5, 5.41) is 9.88. The first-order valence-corrected chi connectivity index (χ1v) is 11.1. The number of fused-ring (bicyclic) bond motifs is 2. The maximum atomic E-state index is 6.43. The lowest BCUT2D eigenvalue weighted by molar-refractivity contribution is 0.135. The van der Waals surface area contributed by atoms with Crippen LogP contribution in [0.5, 0.6) is 5.75 Å². The molecule has 1 N–H and O–H groups in total. The molecule has 2 aromatic carbocycles. The van der Waals surface area contributed by atoms with Crippen molar-refractivity contribution in [2.24, 2.45) is 5.16 Å². The zero-order chi connectivity index (χ0) is 23.4. The van der Waals surface area contributed by atoms with Crippen molar-refractivity contribution in [2.45, 2.75) is 13.3 Å². The number of nitrogens with zero attached hydrogens (tertiary/aromatic N) is 3. The SMILES string of the molecule is COc1ccc2c(Nc3ccc(/C(C)=N/OCCCN(C)C)cc3)c3c(Cl)coc3nc2c1. The quantitative estimate of drug-likeness (QED) is 0.183. The first kappa shape index (κ1) is 22.9. The van der Waals surface area contributed by atoms with Crippen LogP contribution in [0.3, 0.4) is 0 Å².